The Morgan fingerprint density at radius 3 is 2.44 bits per heavy atom. The van der Waals surface area contributed by atoms with E-state index in [9.17, 15) is 9.59 Å². The molecular formula is C29H31N3O4. The van der Waals surface area contributed by atoms with Crippen molar-refractivity contribution in [3.8, 4) is 5.75 Å². The number of carbonyl (C=O) groups excluding carboxylic acids is 2. The maximum atomic E-state index is 13.2. The van der Waals surface area contributed by atoms with Crippen LogP contribution >= 0.6 is 0 Å². The Labute approximate surface area is 211 Å². The minimum absolute atomic E-state index is 0.186. The second-order valence-electron chi connectivity index (χ2n) is 8.81. The molecule has 1 N–H and O–H groups in total. The number of carbonyl (C=O) groups is 2. The summed E-state index contributed by atoms with van der Waals surface area (Å²) in [5.41, 5.74) is 3.98. The van der Waals surface area contributed by atoms with Crippen molar-refractivity contribution in [3.05, 3.63) is 89.5 Å². The molecule has 7 heteroatoms. The smallest absolute Gasteiger partial charge is 0.338 e. The van der Waals surface area contributed by atoms with Crippen LogP contribution in [0.4, 0.5) is 11.4 Å². The molecule has 4 rings (SSSR count). The largest absolute Gasteiger partial charge is 0.494 e. The molecule has 0 aromatic heterocycles. The van der Waals surface area contributed by atoms with Crippen LogP contribution in [-0.2, 0) is 9.53 Å². The molecule has 3 aromatic rings. The lowest BCUT2D eigenvalue weighted by Gasteiger charge is -2.14. The number of nitrogens with zero attached hydrogens (tertiary/aromatic N) is 2. The topological polar surface area (TPSA) is 80.2 Å². The van der Waals surface area contributed by atoms with Gasteiger partial charge in [-0.1, -0.05) is 36.4 Å². The fraction of sp³-hybridized carbons (Fsp3) is 0.276. The predicted octanol–water partition coefficient (Wildman–Crippen LogP) is 5.05. The van der Waals surface area contributed by atoms with E-state index in [1.807, 2.05) is 68.7 Å². The lowest BCUT2D eigenvalue weighted by molar-refractivity contribution is -0.115. The van der Waals surface area contributed by atoms with Gasteiger partial charge in [-0.25, -0.2) is 4.79 Å². The van der Waals surface area contributed by atoms with Gasteiger partial charge in [0.15, 0.2) is 0 Å². The van der Waals surface area contributed by atoms with E-state index >= 15 is 0 Å². The lowest BCUT2D eigenvalue weighted by atomic mass is 9.90. The average molecular weight is 486 g/mol. The highest BCUT2D eigenvalue weighted by atomic mass is 16.5. The van der Waals surface area contributed by atoms with Gasteiger partial charge in [-0.05, 0) is 75.0 Å². The van der Waals surface area contributed by atoms with Crippen LogP contribution in [0.25, 0.3) is 0 Å². The van der Waals surface area contributed by atoms with Gasteiger partial charge in [0.2, 0.25) is 5.91 Å². The van der Waals surface area contributed by atoms with Gasteiger partial charge in [-0.2, -0.15) is 0 Å². The zero-order valence-corrected chi connectivity index (χ0v) is 20.9. The van der Waals surface area contributed by atoms with Crippen LogP contribution in [-0.4, -0.2) is 56.3 Å². The normalized spacial score (nSPS) is 14.9. The fourth-order valence-corrected chi connectivity index (χ4v) is 4.11. The van der Waals surface area contributed by atoms with Crippen molar-refractivity contribution in [1.82, 2.24) is 4.90 Å². The lowest BCUT2D eigenvalue weighted by Crippen LogP contribution is -2.21. The molecule has 1 amide bonds. The highest BCUT2D eigenvalue weighted by Gasteiger charge is 2.36. The number of ether oxygens (including phenoxy) is 2. The molecule has 0 spiro atoms. The van der Waals surface area contributed by atoms with E-state index in [2.05, 4.69) is 10.2 Å². The molecule has 1 heterocycles. The Balaban J connectivity index is 1.62. The second kappa shape index (κ2) is 11.6. The molecular weight excluding hydrogens is 454 g/mol. The highest BCUT2D eigenvalue weighted by molar-refractivity contribution is 6.24. The Kier molecular flexibility index (Phi) is 8.13. The SMILES string of the molecule is CCOC(=O)c1ccc2c(c1)NC(=O)C2C(=Nc1ccc(OCCCN(C)C)cc1)c1ccccc1. The molecule has 7 nitrogen and oxygen atoms in total. The summed E-state index contributed by atoms with van der Waals surface area (Å²) in [6, 6.07) is 22.4. The van der Waals surface area contributed by atoms with Gasteiger partial charge in [-0.15, -0.1) is 0 Å². The van der Waals surface area contributed by atoms with Crippen LogP contribution in [0.1, 0.15) is 40.7 Å². The number of nitrogens with one attached hydrogen (secondary N) is 1. The van der Waals surface area contributed by atoms with Crippen molar-refractivity contribution in [2.75, 3.05) is 39.2 Å². The molecule has 0 saturated carbocycles. The molecule has 1 atom stereocenters. The monoisotopic (exact) mass is 485 g/mol. The number of anilines is 1. The quantitative estimate of drug-likeness (QED) is 0.247. The summed E-state index contributed by atoms with van der Waals surface area (Å²) in [4.78, 5) is 32.4. The highest BCUT2D eigenvalue weighted by Crippen LogP contribution is 2.37. The summed E-state index contributed by atoms with van der Waals surface area (Å²) in [5, 5.41) is 2.92. The van der Waals surface area contributed by atoms with Crippen molar-refractivity contribution in [3.63, 3.8) is 0 Å². The third-order valence-electron chi connectivity index (χ3n) is 5.84. The third kappa shape index (κ3) is 5.98. The van der Waals surface area contributed by atoms with Crippen molar-refractivity contribution in [2.45, 2.75) is 19.3 Å². The predicted molar refractivity (Wildman–Crippen MR) is 142 cm³/mol. The summed E-state index contributed by atoms with van der Waals surface area (Å²) in [6.45, 7) is 3.66. The van der Waals surface area contributed by atoms with E-state index in [4.69, 9.17) is 14.5 Å². The van der Waals surface area contributed by atoms with Gasteiger partial charge in [0, 0.05) is 12.2 Å². The number of hydrogen-bond donors (Lipinski definition) is 1. The molecule has 0 bridgehead atoms. The summed E-state index contributed by atoms with van der Waals surface area (Å²) in [5.74, 6) is -0.432. The third-order valence-corrected chi connectivity index (χ3v) is 5.84. The van der Waals surface area contributed by atoms with Crippen molar-refractivity contribution in [1.29, 1.82) is 0 Å². The Morgan fingerprint density at radius 1 is 1.00 bits per heavy atom. The summed E-state index contributed by atoms with van der Waals surface area (Å²) in [7, 11) is 4.08. The van der Waals surface area contributed by atoms with E-state index < -0.39 is 11.9 Å². The first-order chi connectivity index (χ1) is 17.5. The molecule has 36 heavy (non-hydrogen) atoms. The van der Waals surface area contributed by atoms with E-state index in [0.29, 0.717) is 23.6 Å². The van der Waals surface area contributed by atoms with Crippen molar-refractivity contribution >= 4 is 29.0 Å². The van der Waals surface area contributed by atoms with Gasteiger partial charge in [0.1, 0.15) is 11.7 Å². The first-order valence-corrected chi connectivity index (χ1v) is 12.1. The fourth-order valence-electron chi connectivity index (χ4n) is 4.11. The number of benzene rings is 3. The van der Waals surface area contributed by atoms with Gasteiger partial charge >= 0.3 is 5.97 Å². The Bertz CT molecular complexity index is 1240. The standard InChI is InChI=1S/C29H31N3O4/c1-4-35-29(34)21-11-16-24-25(19-21)31-28(33)26(24)27(20-9-6-5-7-10-20)30-22-12-14-23(15-13-22)36-18-8-17-32(2)3/h5-7,9-16,19,26H,4,8,17-18H2,1-3H3,(H,31,33). The minimum Gasteiger partial charge on any atom is -0.494 e. The zero-order chi connectivity index (χ0) is 25.5. The maximum absolute atomic E-state index is 13.2. The molecule has 1 unspecified atom stereocenters. The number of esters is 1. The molecule has 0 fully saturated rings. The van der Waals surface area contributed by atoms with Gasteiger partial charge in [0.25, 0.3) is 0 Å². The molecule has 1 aliphatic rings. The number of hydrogen-bond acceptors (Lipinski definition) is 6. The van der Waals surface area contributed by atoms with Gasteiger partial charge in [-0.3, -0.25) is 9.79 Å². The van der Waals surface area contributed by atoms with Crippen LogP contribution in [0.2, 0.25) is 0 Å². The van der Waals surface area contributed by atoms with E-state index in [1.165, 1.54) is 0 Å². The number of amides is 1. The van der Waals surface area contributed by atoms with Crippen LogP contribution < -0.4 is 10.1 Å². The number of fused-ring (bicyclic) bond motifs is 1. The second-order valence-corrected chi connectivity index (χ2v) is 8.81. The molecule has 186 valence electrons. The molecule has 1 aliphatic heterocycles. The summed E-state index contributed by atoms with van der Waals surface area (Å²) < 4.78 is 10.9. The van der Waals surface area contributed by atoms with Crippen LogP contribution in [0, 0.1) is 0 Å². The molecule has 0 saturated heterocycles. The first-order valence-electron chi connectivity index (χ1n) is 12.1. The van der Waals surface area contributed by atoms with Gasteiger partial charge < -0.3 is 19.7 Å². The Morgan fingerprint density at radius 2 is 1.75 bits per heavy atom. The zero-order valence-electron chi connectivity index (χ0n) is 20.9. The number of aliphatic imine (C=N–C) groups is 1. The van der Waals surface area contributed by atoms with Gasteiger partial charge in [0.05, 0.1) is 30.2 Å². The maximum Gasteiger partial charge on any atom is 0.338 e. The van der Waals surface area contributed by atoms with Crippen molar-refractivity contribution in [2.24, 2.45) is 4.99 Å². The van der Waals surface area contributed by atoms with Crippen LogP contribution in [0.5, 0.6) is 5.75 Å². The van der Waals surface area contributed by atoms with E-state index in [-0.39, 0.29) is 12.5 Å². The first kappa shape index (κ1) is 25.1. The van der Waals surface area contributed by atoms with E-state index in [1.54, 1.807) is 25.1 Å². The van der Waals surface area contributed by atoms with Crippen LogP contribution in [0.3, 0.4) is 0 Å². The Hall–Kier alpha value is -3.97. The summed E-state index contributed by atoms with van der Waals surface area (Å²) in [6.07, 6.45) is 0.944. The van der Waals surface area contributed by atoms with Crippen LogP contribution in [0.15, 0.2) is 77.8 Å². The number of rotatable bonds is 10. The van der Waals surface area contributed by atoms with E-state index in [0.717, 1.165) is 35.5 Å². The molecule has 0 radical (unpaired) electrons. The minimum atomic E-state index is -0.611. The summed E-state index contributed by atoms with van der Waals surface area (Å²) >= 11 is 0. The molecule has 3 aromatic carbocycles. The van der Waals surface area contributed by atoms with Crippen molar-refractivity contribution < 1.29 is 19.1 Å². The molecule has 0 aliphatic carbocycles. The average Bonchev–Trinajstić information content (AvgIpc) is 3.21.